The quantitative estimate of drug-likeness (QED) is 0.764. The van der Waals surface area contributed by atoms with E-state index in [9.17, 15) is 0 Å². The average molecular weight is 215 g/mol. The summed E-state index contributed by atoms with van der Waals surface area (Å²) in [5.41, 5.74) is 9.93. The maximum absolute atomic E-state index is 6.36. The molecule has 0 amide bonds. The topological polar surface area (TPSA) is 26.0 Å². The van der Waals surface area contributed by atoms with Crippen molar-refractivity contribution in [3.05, 3.63) is 35.4 Å². The fraction of sp³-hybridized carbons (Fsp3) is 0.600. The van der Waals surface area contributed by atoms with E-state index < -0.39 is 0 Å². The molecule has 1 aromatic rings. The first-order valence-electron chi connectivity index (χ1n) is 6.48. The summed E-state index contributed by atoms with van der Waals surface area (Å²) in [4.78, 5) is 0. The number of rotatable bonds is 1. The van der Waals surface area contributed by atoms with Gasteiger partial charge in [-0.3, -0.25) is 0 Å². The van der Waals surface area contributed by atoms with E-state index in [1.54, 1.807) is 5.56 Å². The molecule has 0 atom stereocenters. The Labute approximate surface area is 98.0 Å². The summed E-state index contributed by atoms with van der Waals surface area (Å²) in [6.07, 6.45) is 7.56. The van der Waals surface area contributed by atoms with Gasteiger partial charge in [-0.2, -0.15) is 0 Å². The van der Waals surface area contributed by atoms with E-state index in [1.165, 1.54) is 44.1 Å². The third-order valence-corrected chi connectivity index (χ3v) is 4.97. The smallest absolute Gasteiger partial charge is 0.0155 e. The van der Waals surface area contributed by atoms with Gasteiger partial charge in [0.1, 0.15) is 0 Å². The molecule has 2 bridgehead atoms. The Morgan fingerprint density at radius 1 is 0.875 bits per heavy atom. The van der Waals surface area contributed by atoms with Crippen molar-refractivity contribution in [2.75, 3.05) is 0 Å². The number of fused-ring (bicyclic) bond motifs is 3. The van der Waals surface area contributed by atoms with Crippen molar-refractivity contribution in [1.29, 1.82) is 0 Å². The molecule has 3 saturated carbocycles. The lowest BCUT2D eigenvalue weighted by Gasteiger charge is -2.52. The van der Waals surface area contributed by atoms with Gasteiger partial charge in [-0.15, -0.1) is 0 Å². The van der Waals surface area contributed by atoms with Crippen LogP contribution in [0.25, 0.3) is 0 Å². The van der Waals surface area contributed by atoms with Gasteiger partial charge in [-0.1, -0.05) is 29.8 Å². The molecule has 0 spiro atoms. The third kappa shape index (κ3) is 1.49. The molecule has 3 aliphatic carbocycles. The fourth-order valence-corrected chi connectivity index (χ4v) is 3.55. The van der Waals surface area contributed by atoms with Crippen molar-refractivity contribution >= 4 is 0 Å². The van der Waals surface area contributed by atoms with Gasteiger partial charge >= 0.3 is 0 Å². The maximum atomic E-state index is 6.36. The molecule has 86 valence electrons. The Morgan fingerprint density at radius 2 is 1.38 bits per heavy atom. The minimum Gasteiger partial charge on any atom is -0.325 e. The summed E-state index contributed by atoms with van der Waals surface area (Å²) in [6, 6.07) is 9.18. The Kier molecular flexibility index (Phi) is 2.16. The molecule has 3 aliphatic rings. The number of hydrogen-bond donors (Lipinski definition) is 1. The van der Waals surface area contributed by atoms with Crippen LogP contribution in [-0.4, -0.2) is 5.54 Å². The maximum Gasteiger partial charge on any atom is 0.0155 e. The number of benzene rings is 1. The first-order valence-corrected chi connectivity index (χ1v) is 6.48. The molecule has 0 aliphatic heterocycles. The van der Waals surface area contributed by atoms with E-state index in [1.807, 2.05) is 0 Å². The van der Waals surface area contributed by atoms with Crippen LogP contribution >= 0.6 is 0 Å². The van der Waals surface area contributed by atoms with Gasteiger partial charge in [0.2, 0.25) is 0 Å². The monoisotopic (exact) mass is 215 g/mol. The summed E-state index contributed by atoms with van der Waals surface area (Å²) < 4.78 is 0. The molecule has 3 fully saturated rings. The summed E-state index contributed by atoms with van der Waals surface area (Å²) in [7, 11) is 0. The standard InChI is InChI=1S/C15H21N/c1-12-2-4-13(5-3-12)14-6-9-15(16,10-7-14)11-8-14/h2-5H,6-11,16H2,1H3. The zero-order valence-corrected chi connectivity index (χ0v) is 10.1. The van der Waals surface area contributed by atoms with Crippen molar-refractivity contribution in [3.8, 4) is 0 Å². The molecule has 1 heteroatoms. The second-order valence-electron chi connectivity index (χ2n) is 6.01. The first-order chi connectivity index (χ1) is 7.62. The summed E-state index contributed by atoms with van der Waals surface area (Å²) in [5, 5.41) is 0. The molecule has 0 aromatic heterocycles. The van der Waals surface area contributed by atoms with Gasteiger partial charge in [0.15, 0.2) is 0 Å². The van der Waals surface area contributed by atoms with Gasteiger partial charge in [-0.25, -0.2) is 0 Å². The van der Waals surface area contributed by atoms with Crippen molar-refractivity contribution in [2.45, 2.75) is 56.4 Å². The predicted molar refractivity (Wildman–Crippen MR) is 67.5 cm³/mol. The van der Waals surface area contributed by atoms with Crippen LogP contribution < -0.4 is 5.73 Å². The minimum absolute atomic E-state index is 0.187. The highest BCUT2D eigenvalue weighted by Crippen LogP contribution is 2.52. The molecular weight excluding hydrogens is 194 g/mol. The van der Waals surface area contributed by atoms with Crippen LogP contribution in [-0.2, 0) is 5.41 Å². The molecule has 0 heterocycles. The van der Waals surface area contributed by atoms with Gasteiger partial charge < -0.3 is 5.73 Å². The second kappa shape index (κ2) is 3.33. The highest BCUT2D eigenvalue weighted by atomic mass is 14.8. The van der Waals surface area contributed by atoms with Crippen LogP contribution in [0.5, 0.6) is 0 Å². The number of aryl methyl sites for hydroxylation is 1. The normalized spacial score (nSPS) is 37.6. The fourth-order valence-electron chi connectivity index (χ4n) is 3.55. The van der Waals surface area contributed by atoms with E-state index in [4.69, 9.17) is 5.73 Å². The molecule has 4 rings (SSSR count). The van der Waals surface area contributed by atoms with E-state index in [0.717, 1.165) is 0 Å². The van der Waals surface area contributed by atoms with Crippen LogP contribution in [0.15, 0.2) is 24.3 Å². The lowest BCUT2D eigenvalue weighted by Crippen LogP contribution is -2.53. The molecular formula is C15H21N. The molecule has 1 nitrogen and oxygen atoms in total. The van der Waals surface area contributed by atoms with Gasteiger partial charge in [-0.05, 0) is 56.4 Å². The lowest BCUT2D eigenvalue weighted by molar-refractivity contribution is 0.107. The highest BCUT2D eigenvalue weighted by molar-refractivity contribution is 5.31. The van der Waals surface area contributed by atoms with E-state index in [-0.39, 0.29) is 5.54 Å². The van der Waals surface area contributed by atoms with Crippen molar-refractivity contribution in [2.24, 2.45) is 5.73 Å². The minimum atomic E-state index is 0.187. The van der Waals surface area contributed by atoms with Crippen LogP contribution in [0.1, 0.15) is 49.7 Å². The molecule has 0 radical (unpaired) electrons. The zero-order valence-electron chi connectivity index (χ0n) is 10.1. The van der Waals surface area contributed by atoms with Crippen LogP contribution in [0, 0.1) is 6.92 Å². The van der Waals surface area contributed by atoms with Crippen molar-refractivity contribution in [3.63, 3.8) is 0 Å². The van der Waals surface area contributed by atoms with E-state index in [2.05, 4.69) is 31.2 Å². The summed E-state index contributed by atoms with van der Waals surface area (Å²) >= 11 is 0. The van der Waals surface area contributed by atoms with Gasteiger partial charge in [0.25, 0.3) is 0 Å². The number of nitrogens with two attached hydrogens (primary N) is 1. The van der Waals surface area contributed by atoms with Crippen LogP contribution in [0.4, 0.5) is 0 Å². The Bertz CT molecular complexity index is 366. The van der Waals surface area contributed by atoms with Crippen LogP contribution in [0.2, 0.25) is 0 Å². The molecule has 16 heavy (non-hydrogen) atoms. The predicted octanol–water partition coefficient (Wildman–Crippen LogP) is 3.30. The van der Waals surface area contributed by atoms with Gasteiger partial charge in [0, 0.05) is 5.54 Å². The summed E-state index contributed by atoms with van der Waals surface area (Å²) in [6.45, 7) is 2.16. The van der Waals surface area contributed by atoms with E-state index in [0.29, 0.717) is 5.41 Å². The largest absolute Gasteiger partial charge is 0.325 e. The SMILES string of the molecule is Cc1ccc(C23CCC(N)(CC2)CC3)cc1. The Hall–Kier alpha value is -0.820. The molecule has 1 aromatic carbocycles. The number of hydrogen-bond acceptors (Lipinski definition) is 1. The lowest BCUT2D eigenvalue weighted by atomic mass is 9.55. The zero-order chi connectivity index (χ0) is 11.2. The van der Waals surface area contributed by atoms with E-state index >= 15 is 0 Å². The van der Waals surface area contributed by atoms with Crippen molar-refractivity contribution < 1.29 is 0 Å². The first kappa shape index (κ1) is 10.3. The van der Waals surface area contributed by atoms with Gasteiger partial charge in [0.05, 0.1) is 0 Å². The second-order valence-corrected chi connectivity index (χ2v) is 6.01. The molecule has 2 N–H and O–H groups in total. The molecule has 0 saturated heterocycles. The van der Waals surface area contributed by atoms with Crippen LogP contribution in [0.3, 0.4) is 0 Å². The summed E-state index contributed by atoms with van der Waals surface area (Å²) in [5.74, 6) is 0. The Morgan fingerprint density at radius 3 is 1.88 bits per heavy atom. The Balaban J connectivity index is 1.92. The average Bonchev–Trinajstić information content (AvgIpc) is 2.31. The highest BCUT2D eigenvalue weighted by Gasteiger charge is 2.47. The molecule has 0 unspecified atom stereocenters. The third-order valence-electron chi connectivity index (χ3n) is 4.97. The van der Waals surface area contributed by atoms with Crippen molar-refractivity contribution in [1.82, 2.24) is 0 Å².